The summed E-state index contributed by atoms with van der Waals surface area (Å²) in [7, 11) is 0. The number of hydrogen-bond donors (Lipinski definition) is 1. The molecule has 1 N–H and O–H groups in total. The number of carboxylic acids is 1. The van der Waals surface area contributed by atoms with E-state index in [1.54, 1.807) is 0 Å². The van der Waals surface area contributed by atoms with Gasteiger partial charge in [-0.25, -0.2) is 4.79 Å². The van der Waals surface area contributed by atoms with Crippen molar-refractivity contribution >= 4 is 5.97 Å². The van der Waals surface area contributed by atoms with Gasteiger partial charge in [0.05, 0.1) is 6.20 Å². The summed E-state index contributed by atoms with van der Waals surface area (Å²) in [6.45, 7) is 5.31. The molecule has 0 radical (unpaired) electrons. The molecule has 0 aromatic carbocycles. The van der Waals surface area contributed by atoms with Crippen LogP contribution in [0.3, 0.4) is 0 Å². The van der Waals surface area contributed by atoms with Gasteiger partial charge >= 0.3 is 5.97 Å². The van der Waals surface area contributed by atoms with E-state index in [4.69, 9.17) is 9.63 Å². The van der Waals surface area contributed by atoms with E-state index in [1.807, 2.05) is 0 Å². The van der Waals surface area contributed by atoms with Crippen molar-refractivity contribution in [2.75, 3.05) is 19.6 Å². The van der Waals surface area contributed by atoms with Crippen molar-refractivity contribution in [3.8, 4) is 0 Å². The Labute approximate surface area is 94.0 Å². The first-order valence-electron chi connectivity index (χ1n) is 5.60. The molecule has 5 heteroatoms. The number of carbonyl (C=O) groups is 1. The third-order valence-electron chi connectivity index (χ3n) is 3.17. The molecule has 2 rings (SSSR count). The lowest BCUT2D eigenvalue weighted by atomic mass is 10.0. The smallest absolute Gasteiger partial charge is 0.340 e. The molecule has 1 aliphatic heterocycles. The van der Waals surface area contributed by atoms with E-state index in [1.165, 1.54) is 6.20 Å². The standard InChI is InChI=1S/C11H16N2O3/c1-2-13-4-3-8(7-13)5-10-9(11(14)15)6-12-16-10/h6,8H,2-5,7H2,1H3,(H,14,15). The average Bonchev–Trinajstić information content (AvgIpc) is 2.87. The maximum absolute atomic E-state index is 10.9. The monoisotopic (exact) mass is 224 g/mol. The quantitative estimate of drug-likeness (QED) is 0.833. The van der Waals surface area contributed by atoms with Crippen LogP contribution in [0.4, 0.5) is 0 Å². The zero-order chi connectivity index (χ0) is 11.5. The van der Waals surface area contributed by atoms with Crippen LogP contribution < -0.4 is 0 Å². The Morgan fingerprint density at radius 3 is 3.19 bits per heavy atom. The van der Waals surface area contributed by atoms with Crippen molar-refractivity contribution in [2.24, 2.45) is 5.92 Å². The van der Waals surface area contributed by atoms with E-state index in [0.29, 0.717) is 18.1 Å². The van der Waals surface area contributed by atoms with Crippen LogP contribution in [-0.2, 0) is 6.42 Å². The molecule has 1 atom stereocenters. The van der Waals surface area contributed by atoms with Gasteiger partial charge < -0.3 is 14.5 Å². The highest BCUT2D eigenvalue weighted by atomic mass is 16.5. The van der Waals surface area contributed by atoms with Crippen LogP contribution in [0.2, 0.25) is 0 Å². The predicted molar refractivity (Wildman–Crippen MR) is 57.4 cm³/mol. The maximum Gasteiger partial charge on any atom is 0.340 e. The summed E-state index contributed by atoms with van der Waals surface area (Å²) in [5.74, 6) is 0.0445. The molecule has 16 heavy (non-hydrogen) atoms. The molecule has 2 heterocycles. The van der Waals surface area contributed by atoms with Crippen molar-refractivity contribution in [1.29, 1.82) is 0 Å². The molecule has 1 aromatic heterocycles. The normalized spacial score (nSPS) is 21.4. The Bertz CT molecular complexity index is 375. The fraction of sp³-hybridized carbons (Fsp3) is 0.636. The minimum atomic E-state index is -0.957. The van der Waals surface area contributed by atoms with Gasteiger partial charge in [0.1, 0.15) is 5.56 Å². The average molecular weight is 224 g/mol. The largest absolute Gasteiger partial charge is 0.478 e. The lowest BCUT2D eigenvalue weighted by Crippen LogP contribution is -2.20. The number of rotatable bonds is 4. The van der Waals surface area contributed by atoms with Crippen LogP contribution in [0.1, 0.15) is 29.5 Å². The van der Waals surface area contributed by atoms with Crippen molar-refractivity contribution in [1.82, 2.24) is 10.1 Å². The fourth-order valence-corrected chi connectivity index (χ4v) is 2.21. The van der Waals surface area contributed by atoms with Crippen LogP contribution in [-0.4, -0.2) is 40.8 Å². The van der Waals surface area contributed by atoms with Crippen molar-refractivity contribution in [3.63, 3.8) is 0 Å². The van der Waals surface area contributed by atoms with Gasteiger partial charge in [0.25, 0.3) is 0 Å². The SMILES string of the molecule is CCN1CCC(Cc2oncc2C(=O)O)C1. The lowest BCUT2D eigenvalue weighted by molar-refractivity contribution is 0.0694. The Morgan fingerprint density at radius 1 is 1.75 bits per heavy atom. The number of likely N-dealkylation sites (tertiary alicyclic amines) is 1. The minimum absolute atomic E-state index is 0.204. The van der Waals surface area contributed by atoms with Gasteiger partial charge in [-0.15, -0.1) is 0 Å². The zero-order valence-electron chi connectivity index (χ0n) is 9.35. The topological polar surface area (TPSA) is 66.6 Å². The summed E-state index contributed by atoms with van der Waals surface area (Å²) in [4.78, 5) is 13.2. The van der Waals surface area contributed by atoms with Crippen LogP contribution in [0.5, 0.6) is 0 Å². The number of nitrogens with zero attached hydrogens (tertiary/aromatic N) is 2. The summed E-state index contributed by atoms with van der Waals surface area (Å²) in [6.07, 6.45) is 3.07. The molecule has 88 valence electrons. The van der Waals surface area contributed by atoms with Gasteiger partial charge in [0, 0.05) is 13.0 Å². The number of hydrogen-bond acceptors (Lipinski definition) is 4. The van der Waals surface area contributed by atoms with E-state index < -0.39 is 5.97 Å². The minimum Gasteiger partial charge on any atom is -0.478 e. The van der Waals surface area contributed by atoms with E-state index >= 15 is 0 Å². The number of carboxylic acid groups (broad SMARTS) is 1. The van der Waals surface area contributed by atoms with E-state index in [9.17, 15) is 4.79 Å². The second kappa shape index (κ2) is 4.65. The highest BCUT2D eigenvalue weighted by Crippen LogP contribution is 2.22. The van der Waals surface area contributed by atoms with Crippen LogP contribution in [0.15, 0.2) is 10.7 Å². The van der Waals surface area contributed by atoms with Crippen LogP contribution in [0.25, 0.3) is 0 Å². The summed E-state index contributed by atoms with van der Waals surface area (Å²) in [6, 6.07) is 0. The molecule has 0 bridgehead atoms. The first kappa shape index (κ1) is 11.1. The Hall–Kier alpha value is -1.36. The highest BCUT2D eigenvalue weighted by molar-refractivity contribution is 5.88. The molecule has 1 fully saturated rings. The third kappa shape index (κ3) is 2.24. The van der Waals surface area contributed by atoms with E-state index in [2.05, 4.69) is 17.0 Å². The molecule has 0 spiro atoms. The van der Waals surface area contributed by atoms with Gasteiger partial charge in [-0.05, 0) is 25.4 Å². The summed E-state index contributed by atoms with van der Waals surface area (Å²) in [5, 5.41) is 12.5. The molecule has 1 unspecified atom stereocenters. The summed E-state index contributed by atoms with van der Waals surface area (Å²) in [5.41, 5.74) is 0.204. The highest BCUT2D eigenvalue weighted by Gasteiger charge is 2.25. The number of aromatic carboxylic acids is 1. The Balaban J connectivity index is 1.99. The summed E-state index contributed by atoms with van der Waals surface area (Å²) < 4.78 is 5.01. The molecule has 1 saturated heterocycles. The first-order valence-corrected chi connectivity index (χ1v) is 5.60. The molecule has 0 saturated carbocycles. The van der Waals surface area contributed by atoms with Crippen LogP contribution >= 0.6 is 0 Å². The molecule has 0 aliphatic carbocycles. The molecule has 1 aliphatic rings. The molecular weight excluding hydrogens is 208 g/mol. The van der Waals surface area contributed by atoms with Crippen LogP contribution in [0, 0.1) is 5.92 Å². The third-order valence-corrected chi connectivity index (χ3v) is 3.17. The van der Waals surface area contributed by atoms with E-state index in [0.717, 1.165) is 26.1 Å². The first-order chi connectivity index (χ1) is 7.70. The second-order valence-electron chi connectivity index (χ2n) is 4.22. The Kier molecular flexibility index (Phi) is 3.24. The molecule has 0 amide bonds. The zero-order valence-corrected chi connectivity index (χ0v) is 9.35. The maximum atomic E-state index is 10.9. The number of aromatic nitrogens is 1. The second-order valence-corrected chi connectivity index (χ2v) is 4.22. The predicted octanol–water partition coefficient (Wildman–Crippen LogP) is 1.26. The van der Waals surface area contributed by atoms with Crippen molar-refractivity contribution in [3.05, 3.63) is 17.5 Å². The van der Waals surface area contributed by atoms with Gasteiger partial charge in [-0.1, -0.05) is 12.1 Å². The van der Waals surface area contributed by atoms with Gasteiger partial charge in [-0.3, -0.25) is 0 Å². The fourth-order valence-electron chi connectivity index (χ4n) is 2.21. The molecule has 1 aromatic rings. The molecule has 5 nitrogen and oxygen atoms in total. The van der Waals surface area contributed by atoms with Gasteiger partial charge in [-0.2, -0.15) is 0 Å². The van der Waals surface area contributed by atoms with Crippen molar-refractivity contribution in [2.45, 2.75) is 19.8 Å². The van der Waals surface area contributed by atoms with Gasteiger partial charge in [0.15, 0.2) is 5.76 Å². The van der Waals surface area contributed by atoms with Crippen molar-refractivity contribution < 1.29 is 14.4 Å². The Morgan fingerprint density at radius 2 is 2.56 bits per heavy atom. The molecular formula is C11H16N2O3. The van der Waals surface area contributed by atoms with Gasteiger partial charge in [0.2, 0.25) is 0 Å². The van der Waals surface area contributed by atoms with E-state index in [-0.39, 0.29) is 5.56 Å². The lowest BCUT2D eigenvalue weighted by Gasteiger charge is -2.11. The summed E-state index contributed by atoms with van der Waals surface area (Å²) >= 11 is 0.